The lowest BCUT2D eigenvalue weighted by molar-refractivity contribution is -0.125. The van der Waals surface area contributed by atoms with Gasteiger partial charge in [-0.25, -0.2) is 9.18 Å². The van der Waals surface area contributed by atoms with E-state index < -0.39 is 5.82 Å². The number of hydrogen-bond donors (Lipinski definition) is 3. The van der Waals surface area contributed by atoms with E-state index in [9.17, 15) is 19.1 Å². The molecule has 1 aromatic heterocycles. The van der Waals surface area contributed by atoms with Crippen LogP contribution in [0.25, 0.3) is 6.08 Å². The molecule has 0 spiro atoms. The zero-order valence-electron chi connectivity index (χ0n) is 20.3. The van der Waals surface area contributed by atoms with Crippen molar-refractivity contribution in [3.05, 3.63) is 58.3 Å². The number of aliphatic imine (C=N–C) groups is 1. The van der Waals surface area contributed by atoms with Gasteiger partial charge in [-0.15, -0.1) is 0 Å². The van der Waals surface area contributed by atoms with E-state index in [4.69, 9.17) is 0 Å². The zero-order chi connectivity index (χ0) is 25.0. The summed E-state index contributed by atoms with van der Waals surface area (Å²) in [6.45, 7) is 6.35. The number of nitrogens with one attached hydrogen (secondary N) is 2. The molecule has 3 amide bonds. The Hall–Kier alpha value is -3.62. The molecular weight excluding hydrogens is 437 g/mol. The van der Waals surface area contributed by atoms with Crippen LogP contribution >= 0.6 is 0 Å². The third-order valence-corrected chi connectivity index (χ3v) is 5.90. The van der Waals surface area contributed by atoms with Crippen molar-refractivity contribution >= 4 is 23.7 Å². The van der Waals surface area contributed by atoms with Gasteiger partial charge in [0.15, 0.2) is 5.88 Å². The van der Waals surface area contributed by atoms with Gasteiger partial charge in [0.1, 0.15) is 5.82 Å². The van der Waals surface area contributed by atoms with Crippen LogP contribution in [0.15, 0.2) is 46.2 Å². The fourth-order valence-electron chi connectivity index (χ4n) is 3.99. The Morgan fingerprint density at radius 1 is 1.24 bits per heavy atom. The fourth-order valence-corrected chi connectivity index (χ4v) is 3.99. The van der Waals surface area contributed by atoms with Crippen molar-refractivity contribution in [2.75, 3.05) is 27.2 Å². The first-order valence-electron chi connectivity index (χ1n) is 11.2. The van der Waals surface area contributed by atoms with Gasteiger partial charge in [0.25, 0.3) is 0 Å². The number of nitrogens with zero attached hydrogens (tertiary/aromatic N) is 3. The van der Waals surface area contributed by atoms with Crippen molar-refractivity contribution < 1.29 is 19.1 Å². The second-order valence-electron chi connectivity index (χ2n) is 8.84. The van der Waals surface area contributed by atoms with Gasteiger partial charge < -0.3 is 25.2 Å². The number of urea groups is 1. The predicted molar refractivity (Wildman–Crippen MR) is 130 cm³/mol. The minimum Gasteiger partial charge on any atom is -0.494 e. The standard InChI is InChI=1S/C25H32FN5O3/c1-15-8-10-20(26)11-9-18(23(32)27-15)13-21-16(2)22(17(3)28-21)29-24(33)19-7-6-12-31(14-19)25(34)30(4)5/h8-11,13,19,27,32H,6-7,12,14H2,1-5H3,(H,29,33). The Morgan fingerprint density at radius 3 is 2.65 bits per heavy atom. The second-order valence-corrected chi connectivity index (χ2v) is 8.84. The molecule has 34 heavy (non-hydrogen) atoms. The van der Waals surface area contributed by atoms with E-state index in [1.54, 1.807) is 38.9 Å². The minimum atomic E-state index is -0.452. The van der Waals surface area contributed by atoms with Gasteiger partial charge in [0, 0.05) is 44.0 Å². The van der Waals surface area contributed by atoms with Gasteiger partial charge in [-0.1, -0.05) is 0 Å². The van der Waals surface area contributed by atoms with Crippen LogP contribution in [-0.2, 0) is 4.79 Å². The molecule has 3 N–H and O–H groups in total. The SMILES string of the molecule is CC1=NC(=Cc2ccc(F)ccc(C)[nH]c2O)C(C)=C1NC(=O)C1CCCN(C(=O)N(C)C)C1. The average molecular weight is 470 g/mol. The number of carbonyl (C=O) groups is 2. The van der Waals surface area contributed by atoms with E-state index in [0.717, 1.165) is 12.0 Å². The molecule has 0 saturated carbocycles. The Labute approximate surface area is 199 Å². The Balaban J connectivity index is 1.85. The maximum atomic E-state index is 13.9. The number of likely N-dealkylation sites (tertiary alicyclic amines) is 1. The molecule has 8 nitrogen and oxygen atoms in total. The van der Waals surface area contributed by atoms with E-state index >= 15 is 0 Å². The summed E-state index contributed by atoms with van der Waals surface area (Å²) in [6, 6.07) is 5.45. The number of aromatic hydroxyl groups is 1. The average Bonchev–Trinajstić information content (AvgIpc) is 3.08. The highest BCUT2D eigenvalue weighted by Crippen LogP contribution is 2.28. The molecule has 2 aliphatic rings. The maximum Gasteiger partial charge on any atom is 0.319 e. The number of carbonyl (C=O) groups excluding carboxylic acids is 2. The highest BCUT2D eigenvalue weighted by Gasteiger charge is 2.30. The number of piperidine rings is 1. The molecule has 0 bridgehead atoms. The van der Waals surface area contributed by atoms with Crippen molar-refractivity contribution in [3.8, 4) is 5.88 Å². The summed E-state index contributed by atoms with van der Waals surface area (Å²) in [7, 11) is 3.40. The van der Waals surface area contributed by atoms with Gasteiger partial charge in [0.2, 0.25) is 5.91 Å². The van der Waals surface area contributed by atoms with Crippen LogP contribution in [0.5, 0.6) is 5.88 Å². The van der Waals surface area contributed by atoms with Crippen LogP contribution < -0.4 is 5.32 Å². The number of aromatic amines is 1. The van der Waals surface area contributed by atoms with Gasteiger partial charge >= 0.3 is 6.03 Å². The molecule has 3 rings (SSSR count). The van der Waals surface area contributed by atoms with Crippen molar-refractivity contribution in [2.45, 2.75) is 33.6 Å². The lowest BCUT2D eigenvalue weighted by Gasteiger charge is -2.33. The molecule has 0 radical (unpaired) electrons. The molecule has 0 aliphatic carbocycles. The molecule has 3 heterocycles. The number of allylic oxidation sites excluding steroid dienone is 2. The van der Waals surface area contributed by atoms with Crippen molar-refractivity contribution in [2.24, 2.45) is 10.9 Å². The Kier molecular flexibility index (Phi) is 7.75. The zero-order valence-corrected chi connectivity index (χ0v) is 20.3. The summed E-state index contributed by atoms with van der Waals surface area (Å²) in [4.78, 5) is 35.9. The quantitative estimate of drug-likeness (QED) is 0.626. The largest absolute Gasteiger partial charge is 0.494 e. The molecular formula is C25H32FN5O3. The first-order chi connectivity index (χ1) is 16.1. The van der Waals surface area contributed by atoms with Crippen molar-refractivity contribution in [1.29, 1.82) is 0 Å². The molecule has 1 unspecified atom stereocenters. The predicted octanol–water partition coefficient (Wildman–Crippen LogP) is 3.89. The van der Waals surface area contributed by atoms with Crippen LogP contribution in [0, 0.1) is 18.7 Å². The highest BCUT2D eigenvalue weighted by atomic mass is 19.1. The van der Waals surface area contributed by atoms with E-state index in [1.165, 1.54) is 29.2 Å². The van der Waals surface area contributed by atoms with E-state index in [-0.39, 0.29) is 23.7 Å². The number of aromatic nitrogens is 1. The minimum absolute atomic E-state index is 0.0992. The third kappa shape index (κ3) is 5.84. The summed E-state index contributed by atoms with van der Waals surface area (Å²) in [5, 5.41) is 13.5. The van der Waals surface area contributed by atoms with Crippen LogP contribution in [0.1, 0.15) is 37.9 Å². The number of hydrogen-bond acceptors (Lipinski definition) is 4. The molecule has 9 heteroatoms. The normalized spacial score (nSPS) is 19.1. The number of halogens is 1. The number of amides is 3. The summed E-state index contributed by atoms with van der Waals surface area (Å²) < 4.78 is 13.9. The van der Waals surface area contributed by atoms with Crippen molar-refractivity contribution in [3.63, 3.8) is 0 Å². The first-order valence-corrected chi connectivity index (χ1v) is 11.2. The Bertz CT molecular complexity index is 1130. The molecule has 1 atom stereocenters. The molecule has 1 fully saturated rings. The first kappa shape index (κ1) is 25.0. The molecule has 1 saturated heterocycles. The van der Waals surface area contributed by atoms with Crippen LogP contribution in [0.4, 0.5) is 9.18 Å². The number of H-pyrrole nitrogens is 1. The fraction of sp³-hybridized carbons (Fsp3) is 0.400. The summed E-state index contributed by atoms with van der Waals surface area (Å²) in [6.07, 6.45) is 3.11. The second kappa shape index (κ2) is 10.5. The number of aryl methyl sites for hydroxylation is 1. The Morgan fingerprint density at radius 2 is 1.94 bits per heavy atom. The number of rotatable bonds is 3. The molecule has 0 aromatic carbocycles. The van der Waals surface area contributed by atoms with E-state index in [1.807, 2.05) is 6.92 Å². The van der Waals surface area contributed by atoms with Gasteiger partial charge in [0.05, 0.1) is 23.0 Å². The maximum absolute atomic E-state index is 13.9. The molecule has 182 valence electrons. The van der Waals surface area contributed by atoms with Gasteiger partial charge in [-0.05, 0) is 64.0 Å². The van der Waals surface area contributed by atoms with E-state index in [2.05, 4.69) is 15.3 Å². The highest BCUT2D eigenvalue weighted by molar-refractivity contribution is 6.06. The topological polar surface area (TPSA) is 101 Å². The molecule has 1 aromatic rings. The van der Waals surface area contributed by atoms with Gasteiger partial charge in [-0.2, -0.15) is 0 Å². The summed E-state index contributed by atoms with van der Waals surface area (Å²) >= 11 is 0. The van der Waals surface area contributed by atoms with Gasteiger partial charge in [-0.3, -0.25) is 9.79 Å². The van der Waals surface area contributed by atoms with Crippen LogP contribution in [-0.4, -0.2) is 64.7 Å². The smallest absolute Gasteiger partial charge is 0.319 e. The van der Waals surface area contributed by atoms with Crippen LogP contribution in [0.3, 0.4) is 0 Å². The monoisotopic (exact) mass is 469 g/mol. The van der Waals surface area contributed by atoms with E-state index in [0.29, 0.717) is 47.9 Å². The molecule has 2 aliphatic heterocycles. The third-order valence-electron chi connectivity index (χ3n) is 5.90. The lowest BCUT2D eigenvalue weighted by Crippen LogP contribution is -2.48. The summed E-state index contributed by atoms with van der Waals surface area (Å²) in [5.41, 5.74) is 3.46. The lowest BCUT2D eigenvalue weighted by atomic mass is 9.97. The van der Waals surface area contributed by atoms with Crippen molar-refractivity contribution in [1.82, 2.24) is 20.1 Å². The van der Waals surface area contributed by atoms with Crippen LogP contribution in [0.2, 0.25) is 0 Å². The summed E-state index contributed by atoms with van der Waals surface area (Å²) in [5.74, 6) is -1.05.